The molecule has 1 aliphatic carbocycles. The molecule has 1 N–H and O–H groups in total. The van der Waals surface area contributed by atoms with Crippen LogP contribution in [0.5, 0.6) is 0 Å². The minimum Gasteiger partial charge on any atom is -0.493 e. The van der Waals surface area contributed by atoms with Gasteiger partial charge in [-0.3, -0.25) is 14.5 Å². The number of benzene rings is 1. The number of carbonyl (C=O) groups is 2. The number of hydrogen-bond donors (Lipinski definition) is 1. The number of piperidine rings is 1. The molecular formula is C24H27Cl2FN2O3. The molecule has 1 aromatic rings. The van der Waals surface area contributed by atoms with Crippen LogP contribution in [0, 0.1) is 0 Å². The van der Waals surface area contributed by atoms with E-state index in [9.17, 15) is 14.0 Å². The molecule has 0 atom stereocenters. The van der Waals surface area contributed by atoms with Gasteiger partial charge in [-0.15, -0.1) is 0 Å². The third-order valence-corrected chi connectivity index (χ3v) is 6.24. The van der Waals surface area contributed by atoms with Gasteiger partial charge < -0.3 is 10.1 Å². The van der Waals surface area contributed by atoms with E-state index in [2.05, 4.69) is 10.2 Å². The fraction of sp³-hybridized carbons (Fsp3) is 0.417. The number of allylic oxidation sites excluding steroid dienone is 5. The van der Waals surface area contributed by atoms with Gasteiger partial charge in [-0.05, 0) is 49.5 Å². The van der Waals surface area contributed by atoms with Gasteiger partial charge in [-0.1, -0.05) is 35.3 Å². The highest BCUT2D eigenvalue weighted by molar-refractivity contribution is 6.42. The Bertz CT molecular complexity index is 922. The number of carbonyl (C=O) groups excluding carboxylic acids is 2. The summed E-state index contributed by atoms with van der Waals surface area (Å²) >= 11 is 12.1. The highest BCUT2D eigenvalue weighted by Gasteiger charge is 2.21. The first-order chi connectivity index (χ1) is 15.4. The number of aldehydes is 1. The predicted molar refractivity (Wildman–Crippen MR) is 124 cm³/mol. The van der Waals surface area contributed by atoms with Gasteiger partial charge in [0.05, 0.1) is 16.7 Å². The molecule has 2 aliphatic rings. The second kappa shape index (κ2) is 12.2. The van der Waals surface area contributed by atoms with E-state index < -0.39 is 5.83 Å². The Morgan fingerprint density at radius 2 is 2.03 bits per heavy atom. The molecule has 0 aromatic heterocycles. The van der Waals surface area contributed by atoms with Crippen LogP contribution in [-0.2, 0) is 20.9 Å². The Hall–Kier alpha value is -2.15. The summed E-state index contributed by atoms with van der Waals surface area (Å²) in [5.74, 6) is -0.228. The zero-order valence-electron chi connectivity index (χ0n) is 17.8. The largest absolute Gasteiger partial charge is 0.493 e. The maximum Gasteiger partial charge on any atom is 0.220 e. The molecule has 0 spiro atoms. The Morgan fingerprint density at radius 1 is 1.25 bits per heavy atom. The lowest BCUT2D eigenvalue weighted by atomic mass is 10.0. The molecule has 8 heteroatoms. The van der Waals surface area contributed by atoms with Crippen molar-refractivity contribution in [3.05, 3.63) is 69.2 Å². The van der Waals surface area contributed by atoms with Crippen LogP contribution in [0.1, 0.15) is 37.7 Å². The van der Waals surface area contributed by atoms with Crippen molar-refractivity contribution in [2.45, 2.75) is 44.7 Å². The number of halogens is 3. The topological polar surface area (TPSA) is 58.6 Å². The van der Waals surface area contributed by atoms with E-state index in [-0.39, 0.29) is 23.9 Å². The molecule has 1 saturated heterocycles. The lowest BCUT2D eigenvalue weighted by molar-refractivity contribution is -0.122. The Kier molecular flexibility index (Phi) is 9.33. The van der Waals surface area contributed by atoms with Crippen molar-refractivity contribution in [2.24, 2.45) is 0 Å². The van der Waals surface area contributed by atoms with Crippen molar-refractivity contribution in [1.29, 1.82) is 0 Å². The van der Waals surface area contributed by atoms with Crippen LogP contribution in [-0.4, -0.2) is 42.8 Å². The average molecular weight is 481 g/mol. The van der Waals surface area contributed by atoms with Crippen LogP contribution in [0.4, 0.5) is 4.39 Å². The smallest absolute Gasteiger partial charge is 0.220 e. The van der Waals surface area contributed by atoms with Crippen molar-refractivity contribution in [3.8, 4) is 0 Å². The maximum atomic E-state index is 13.8. The summed E-state index contributed by atoms with van der Waals surface area (Å²) in [4.78, 5) is 25.4. The SMILES string of the molecule is O=CC1=C(F)C=C(OCCCC(=O)NC2CCN(Cc3ccc(Cl)c(Cl)c3)CC2)C=CC1. The van der Waals surface area contributed by atoms with Gasteiger partial charge in [0.2, 0.25) is 5.91 Å². The van der Waals surface area contributed by atoms with Crippen LogP contribution < -0.4 is 5.32 Å². The summed E-state index contributed by atoms with van der Waals surface area (Å²) in [5, 5.41) is 4.21. The number of rotatable bonds is 9. The van der Waals surface area contributed by atoms with Crippen LogP contribution in [0.2, 0.25) is 10.0 Å². The molecule has 172 valence electrons. The van der Waals surface area contributed by atoms with Crippen LogP contribution in [0.25, 0.3) is 0 Å². The molecule has 5 nitrogen and oxygen atoms in total. The number of likely N-dealkylation sites (tertiary alicyclic amines) is 1. The second-order valence-corrected chi connectivity index (χ2v) is 8.78. The molecule has 1 aliphatic heterocycles. The summed E-state index contributed by atoms with van der Waals surface area (Å²) < 4.78 is 19.3. The van der Waals surface area contributed by atoms with Crippen molar-refractivity contribution in [1.82, 2.24) is 10.2 Å². The molecule has 1 aromatic carbocycles. The van der Waals surface area contributed by atoms with E-state index in [4.69, 9.17) is 27.9 Å². The quantitative estimate of drug-likeness (QED) is 0.392. The van der Waals surface area contributed by atoms with Crippen molar-refractivity contribution in [3.63, 3.8) is 0 Å². The highest BCUT2D eigenvalue weighted by atomic mass is 35.5. The highest BCUT2D eigenvalue weighted by Crippen LogP contribution is 2.24. The van der Waals surface area contributed by atoms with Gasteiger partial charge >= 0.3 is 0 Å². The van der Waals surface area contributed by atoms with E-state index in [0.717, 1.165) is 38.0 Å². The molecule has 0 bridgehead atoms. The first kappa shape index (κ1) is 24.5. The fourth-order valence-electron chi connectivity index (χ4n) is 3.71. The van der Waals surface area contributed by atoms with Gasteiger partial charge in [0, 0.05) is 43.7 Å². The molecule has 1 amide bonds. The van der Waals surface area contributed by atoms with Crippen LogP contribution in [0.15, 0.2) is 53.6 Å². The van der Waals surface area contributed by atoms with Crippen molar-refractivity contribution < 1.29 is 18.7 Å². The van der Waals surface area contributed by atoms with Gasteiger partial charge in [0.1, 0.15) is 17.9 Å². The molecular weight excluding hydrogens is 454 g/mol. The third-order valence-electron chi connectivity index (χ3n) is 5.50. The predicted octanol–water partition coefficient (Wildman–Crippen LogP) is 5.14. The summed E-state index contributed by atoms with van der Waals surface area (Å²) in [6.07, 6.45) is 7.95. The van der Waals surface area contributed by atoms with Gasteiger partial charge in [0.25, 0.3) is 0 Å². The normalized spacial score (nSPS) is 17.7. The Labute approximate surface area is 197 Å². The van der Waals surface area contributed by atoms with E-state index in [0.29, 0.717) is 41.5 Å². The van der Waals surface area contributed by atoms with Crippen molar-refractivity contribution in [2.75, 3.05) is 19.7 Å². The summed E-state index contributed by atoms with van der Waals surface area (Å²) in [6, 6.07) is 5.86. The van der Waals surface area contributed by atoms with Crippen molar-refractivity contribution >= 4 is 35.4 Å². The van der Waals surface area contributed by atoms with E-state index in [1.807, 2.05) is 18.2 Å². The maximum absolute atomic E-state index is 13.8. The summed E-state index contributed by atoms with van der Waals surface area (Å²) in [6.45, 7) is 2.91. The zero-order valence-corrected chi connectivity index (χ0v) is 19.3. The average Bonchev–Trinajstić information content (AvgIpc) is 2.95. The fourth-order valence-corrected chi connectivity index (χ4v) is 4.03. The number of amides is 1. The standard InChI is InChI=1S/C24H27Cl2FN2O3/c25-21-7-6-17(13-22(21)26)15-29-10-8-19(9-11-29)28-24(31)5-2-12-32-20-4-1-3-18(16-30)23(27)14-20/h1,4,6-7,13-14,16,19H,2-3,5,8-12,15H2,(H,28,31). The molecule has 1 fully saturated rings. The van der Waals surface area contributed by atoms with Crippen LogP contribution >= 0.6 is 23.2 Å². The first-order valence-corrected chi connectivity index (χ1v) is 11.5. The molecule has 0 radical (unpaired) electrons. The summed E-state index contributed by atoms with van der Waals surface area (Å²) in [7, 11) is 0. The zero-order chi connectivity index (χ0) is 22.9. The second-order valence-electron chi connectivity index (χ2n) is 7.96. The lowest BCUT2D eigenvalue weighted by Gasteiger charge is -2.32. The minimum absolute atomic E-state index is 0.00348. The monoisotopic (exact) mass is 480 g/mol. The minimum atomic E-state index is -0.580. The van der Waals surface area contributed by atoms with Gasteiger partial charge in [0.15, 0.2) is 0 Å². The molecule has 32 heavy (non-hydrogen) atoms. The number of nitrogens with zero attached hydrogens (tertiary/aromatic N) is 1. The summed E-state index contributed by atoms with van der Waals surface area (Å²) in [5.41, 5.74) is 1.22. The van der Waals surface area contributed by atoms with E-state index in [1.165, 1.54) is 6.08 Å². The van der Waals surface area contributed by atoms with Gasteiger partial charge in [-0.2, -0.15) is 0 Å². The van der Waals surface area contributed by atoms with Gasteiger partial charge in [-0.25, -0.2) is 4.39 Å². The Balaban J connectivity index is 1.33. The number of nitrogens with one attached hydrogen (secondary N) is 1. The molecule has 0 unspecified atom stereocenters. The first-order valence-electron chi connectivity index (χ1n) is 10.7. The Morgan fingerprint density at radius 3 is 2.75 bits per heavy atom. The molecule has 1 heterocycles. The number of ether oxygens (including phenoxy) is 1. The molecule has 0 saturated carbocycles. The lowest BCUT2D eigenvalue weighted by Crippen LogP contribution is -2.44. The number of hydrogen-bond acceptors (Lipinski definition) is 4. The van der Waals surface area contributed by atoms with E-state index >= 15 is 0 Å². The third kappa shape index (κ3) is 7.47. The van der Waals surface area contributed by atoms with Crippen LogP contribution in [0.3, 0.4) is 0 Å². The molecule has 3 rings (SSSR count). The van der Waals surface area contributed by atoms with E-state index in [1.54, 1.807) is 12.2 Å².